The Balaban J connectivity index is 2.13. The van der Waals surface area contributed by atoms with Crippen molar-refractivity contribution in [1.82, 2.24) is 15.2 Å². The van der Waals surface area contributed by atoms with Crippen molar-refractivity contribution in [2.24, 2.45) is 5.73 Å². The van der Waals surface area contributed by atoms with Crippen LogP contribution in [0.4, 0.5) is 4.39 Å². The molecule has 1 aromatic heterocycles. The highest BCUT2D eigenvalue weighted by molar-refractivity contribution is 7.98. The molecule has 1 aromatic carbocycles. The van der Waals surface area contributed by atoms with Crippen molar-refractivity contribution >= 4 is 17.6 Å². The summed E-state index contributed by atoms with van der Waals surface area (Å²) < 4.78 is 13.3. The number of benzene rings is 1. The quantitative estimate of drug-likeness (QED) is 0.436. The molecular weight excluding hydrogens is 241 g/mol. The summed E-state index contributed by atoms with van der Waals surface area (Å²) in [4.78, 5) is 3.95. The molecule has 0 unspecified atom stereocenters. The molecule has 0 amide bonds. The summed E-state index contributed by atoms with van der Waals surface area (Å²) in [7, 11) is 0. The van der Waals surface area contributed by atoms with E-state index in [2.05, 4.69) is 15.2 Å². The first-order valence-electron chi connectivity index (χ1n) is 4.77. The number of H-pyrrole nitrogens is 1. The van der Waals surface area contributed by atoms with Crippen LogP contribution in [-0.4, -0.2) is 21.0 Å². The SMILES string of the molecule is N=C(N)c1cc(F)cc(CSc2ncn[nH]2)c1. The zero-order valence-corrected chi connectivity index (χ0v) is 9.59. The second kappa shape index (κ2) is 4.96. The number of nitrogens with one attached hydrogen (secondary N) is 2. The summed E-state index contributed by atoms with van der Waals surface area (Å²) in [6.45, 7) is 0. The van der Waals surface area contributed by atoms with E-state index >= 15 is 0 Å². The third-order valence-corrected chi connectivity index (χ3v) is 2.98. The number of halogens is 1. The van der Waals surface area contributed by atoms with Gasteiger partial charge in [-0.3, -0.25) is 10.5 Å². The van der Waals surface area contributed by atoms with Gasteiger partial charge >= 0.3 is 0 Å². The molecule has 2 aromatic rings. The highest BCUT2D eigenvalue weighted by Crippen LogP contribution is 2.19. The van der Waals surface area contributed by atoms with Crippen molar-refractivity contribution < 1.29 is 4.39 Å². The number of hydrogen-bond acceptors (Lipinski definition) is 4. The van der Waals surface area contributed by atoms with Gasteiger partial charge in [-0.25, -0.2) is 9.37 Å². The number of nitrogen functional groups attached to an aromatic ring is 1. The van der Waals surface area contributed by atoms with Gasteiger partial charge in [0.15, 0.2) is 5.16 Å². The van der Waals surface area contributed by atoms with Crippen LogP contribution >= 0.6 is 11.8 Å². The van der Waals surface area contributed by atoms with Gasteiger partial charge in [0.2, 0.25) is 0 Å². The number of amidine groups is 1. The lowest BCUT2D eigenvalue weighted by molar-refractivity contribution is 0.626. The average Bonchev–Trinajstić information content (AvgIpc) is 2.78. The summed E-state index contributed by atoms with van der Waals surface area (Å²) >= 11 is 1.40. The van der Waals surface area contributed by atoms with E-state index in [4.69, 9.17) is 11.1 Å². The largest absolute Gasteiger partial charge is 0.384 e. The zero-order chi connectivity index (χ0) is 12.3. The Morgan fingerprint density at radius 1 is 1.47 bits per heavy atom. The second-order valence-corrected chi connectivity index (χ2v) is 4.31. The Bertz CT molecular complexity index is 525. The van der Waals surface area contributed by atoms with Crippen LogP contribution in [-0.2, 0) is 5.75 Å². The molecule has 1 heterocycles. The molecule has 88 valence electrons. The van der Waals surface area contributed by atoms with E-state index in [1.807, 2.05) is 0 Å². The normalized spacial score (nSPS) is 10.4. The van der Waals surface area contributed by atoms with Crippen molar-refractivity contribution in [1.29, 1.82) is 5.41 Å². The summed E-state index contributed by atoms with van der Waals surface area (Å²) in [5.41, 5.74) is 6.46. The van der Waals surface area contributed by atoms with E-state index in [9.17, 15) is 4.39 Å². The highest BCUT2D eigenvalue weighted by atomic mass is 32.2. The monoisotopic (exact) mass is 251 g/mol. The van der Waals surface area contributed by atoms with E-state index in [0.717, 1.165) is 5.56 Å². The van der Waals surface area contributed by atoms with Crippen LogP contribution in [0.1, 0.15) is 11.1 Å². The first-order chi connectivity index (χ1) is 8.15. The maximum absolute atomic E-state index is 13.3. The van der Waals surface area contributed by atoms with Gasteiger partial charge in [0, 0.05) is 11.3 Å². The van der Waals surface area contributed by atoms with Crippen molar-refractivity contribution in [3.63, 3.8) is 0 Å². The predicted molar refractivity (Wildman–Crippen MR) is 63.4 cm³/mol. The minimum absolute atomic E-state index is 0.143. The molecule has 0 spiro atoms. The number of nitrogens with two attached hydrogens (primary N) is 1. The van der Waals surface area contributed by atoms with Gasteiger partial charge in [-0.1, -0.05) is 11.8 Å². The molecule has 0 fully saturated rings. The van der Waals surface area contributed by atoms with Crippen LogP contribution < -0.4 is 5.73 Å². The summed E-state index contributed by atoms with van der Waals surface area (Å²) in [6.07, 6.45) is 1.41. The smallest absolute Gasteiger partial charge is 0.183 e. The highest BCUT2D eigenvalue weighted by Gasteiger charge is 2.05. The Morgan fingerprint density at radius 2 is 2.29 bits per heavy atom. The van der Waals surface area contributed by atoms with Crippen molar-refractivity contribution in [3.05, 3.63) is 41.5 Å². The lowest BCUT2D eigenvalue weighted by Crippen LogP contribution is -2.11. The molecule has 0 bridgehead atoms. The molecule has 2 rings (SSSR count). The fraction of sp³-hybridized carbons (Fsp3) is 0.100. The van der Waals surface area contributed by atoms with Crippen LogP contribution in [0.5, 0.6) is 0 Å². The number of hydrogen-bond donors (Lipinski definition) is 3. The third kappa shape index (κ3) is 3.04. The van der Waals surface area contributed by atoms with Crippen molar-refractivity contribution in [2.75, 3.05) is 0 Å². The number of thioether (sulfide) groups is 1. The summed E-state index contributed by atoms with van der Waals surface area (Å²) in [5, 5.41) is 14.4. The molecule has 0 saturated carbocycles. The minimum Gasteiger partial charge on any atom is -0.384 e. The fourth-order valence-corrected chi connectivity index (χ4v) is 2.01. The van der Waals surface area contributed by atoms with Gasteiger partial charge in [-0.05, 0) is 23.8 Å². The Hall–Kier alpha value is -1.89. The van der Waals surface area contributed by atoms with Crippen LogP contribution in [0, 0.1) is 11.2 Å². The lowest BCUT2D eigenvalue weighted by atomic mass is 10.1. The van der Waals surface area contributed by atoms with E-state index in [1.54, 1.807) is 6.07 Å². The molecule has 0 aliphatic heterocycles. The molecule has 0 saturated heterocycles. The average molecular weight is 251 g/mol. The zero-order valence-electron chi connectivity index (χ0n) is 8.77. The second-order valence-electron chi connectivity index (χ2n) is 3.34. The predicted octanol–water partition coefficient (Wildman–Crippen LogP) is 1.52. The van der Waals surface area contributed by atoms with Gasteiger partial charge in [0.1, 0.15) is 18.0 Å². The van der Waals surface area contributed by atoms with Crippen LogP contribution in [0.25, 0.3) is 0 Å². The van der Waals surface area contributed by atoms with E-state index in [1.165, 1.54) is 30.2 Å². The van der Waals surface area contributed by atoms with Gasteiger partial charge < -0.3 is 5.73 Å². The molecular formula is C10H10FN5S. The molecule has 5 nitrogen and oxygen atoms in total. The Kier molecular flexibility index (Phi) is 3.38. The Labute approximate surface area is 101 Å². The molecule has 0 atom stereocenters. The third-order valence-electron chi connectivity index (χ3n) is 2.04. The maximum Gasteiger partial charge on any atom is 0.183 e. The topological polar surface area (TPSA) is 91.4 Å². The van der Waals surface area contributed by atoms with E-state index in [0.29, 0.717) is 16.5 Å². The van der Waals surface area contributed by atoms with Gasteiger partial charge in [0.05, 0.1) is 0 Å². The standard InChI is InChI=1S/C10H10FN5S/c11-8-2-6(1-7(3-8)9(12)13)4-17-10-14-5-15-16-10/h1-3,5H,4H2,(H3,12,13)(H,14,15,16). The van der Waals surface area contributed by atoms with E-state index < -0.39 is 5.82 Å². The van der Waals surface area contributed by atoms with Crippen molar-refractivity contribution in [3.8, 4) is 0 Å². The first kappa shape index (κ1) is 11.6. The molecule has 17 heavy (non-hydrogen) atoms. The molecule has 4 N–H and O–H groups in total. The minimum atomic E-state index is -0.397. The number of aromatic amines is 1. The Morgan fingerprint density at radius 3 is 2.94 bits per heavy atom. The molecule has 0 aliphatic rings. The number of nitrogens with zero attached hydrogens (tertiary/aromatic N) is 2. The van der Waals surface area contributed by atoms with Crippen LogP contribution in [0.15, 0.2) is 29.7 Å². The first-order valence-corrected chi connectivity index (χ1v) is 5.76. The van der Waals surface area contributed by atoms with Crippen LogP contribution in [0.2, 0.25) is 0 Å². The van der Waals surface area contributed by atoms with Gasteiger partial charge in [0.25, 0.3) is 0 Å². The van der Waals surface area contributed by atoms with Gasteiger partial charge in [-0.2, -0.15) is 5.10 Å². The number of rotatable bonds is 4. The van der Waals surface area contributed by atoms with Crippen LogP contribution in [0.3, 0.4) is 0 Å². The lowest BCUT2D eigenvalue weighted by Gasteiger charge is -2.03. The van der Waals surface area contributed by atoms with E-state index in [-0.39, 0.29) is 5.84 Å². The van der Waals surface area contributed by atoms with Crippen molar-refractivity contribution in [2.45, 2.75) is 10.9 Å². The molecule has 0 radical (unpaired) electrons. The maximum atomic E-state index is 13.3. The number of aromatic nitrogens is 3. The summed E-state index contributed by atoms with van der Waals surface area (Å²) in [5.74, 6) is -0.00552. The molecule has 7 heteroatoms. The fourth-order valence-electron chi connectivity index (χ4n) is 1.30. The summed E-state index contributed by atoms with van der Waals surface area (Å²) in [6, 6.07) is 4.34. The van der Waals surface area contributed by atoms with Gasteiger partial charge in [-0.15, -0.1) is 0 Å². The molecule has 0 aliphatic carbocycles.